The summed E-state index contributed by atoms with van der Waals surface area (Å²) in [6.45, 7) is 10.7. The van der Waals surface area contributed by atoms with Gasteiger partial charge in [0.1, 0.15) is 11.4 Å². The van der Waals surface area contributed by atoms with Crippen LogP contribution in [0.4, 0.5) is 0 Å². The molecule has 0 bridgehead atoms. The van der Waals surface area contributed by atoms with Crippen LogP contribution in [-0.4, -0.2) is 18.2 Å². The highest BCUT2D eigenvalue weighted by Gasteiger charge is 2.30. The van der Waals surface area contributed by atoms with Gasteiger partial charge in [0.15, 0.2) is 0 Å². The fourth-order valence-corrected chi connectivity index (χ4v) is 2.55. The molecule has 0 spiro atoms. The molecule has 1 aromatic carbocycles. The Morgan fingerprint density at radius 3 is 2.70 bits per heavy atom. The van der Waals surface area contributed by atoms with Gasteiger partial charge in [-0.05, 0) is 62.8 Å². The van der Waals surface area contributed by atoms with Crippen LogP contribution in [0.15, 0.2) is 12.1 Å². The molecule has 0 aromatic heterocycles. The van der Waals surface area contributed by atoms with E-state index in [4.69, 9.17) is 9.47 Å². The molecule has 0 radical (unpaired) electrons. The molecule has 0 unspecified atom stereocenters. The second-order valence-electron chi connectivity index (χ2n) is 6.29. The SMILES string of the molecule is CCOC(=O)c1cc2c(c(C(C)C)c1)OC(C)(C)CC2. The first-order chi connectivity index (χ1) is 9.34. The second-order valence-corrected chi connectivity index (χ2v) is 6.29. The summed E-state index contributed by atoms with van der Waals surface area (Å²) in [6.07, 6.45) is 1.90. The lowest BCUT2D eigenvalue weighted by atomic mass is 9.88. The normalized spacial score (nSPS) is 16.5. The van der Waals surface area contributed by atoms with Gasteiger partial charge in [-0.3, -0.25) is 0 Å². The number of aryl methyl sites for hydroxylation is 1. The number of fused-ring (bicyclic) bond motifs is 1. The zero-order chi connectivity index (χ0) is 14.9. The molecule has 0 amide bonds. The molecule has 1 aromatic rings. The summed E-state index contributed by atoms with van der Waals surface area (Å²) in [5.74, 6) is 1.03. The highest BCUT2D eigenvalue weighted by Crippen LogP contribution is 2.39. The molecule has 1 aliphatic heterocycles. The molecule has 1 heterocycles. The molecule has 2 rings (SSSR count). The van der Waals surface area contributed by atoms with Crippen LogP contribution in [0.25, 0.3) is 0 Å². The number of benzene rings is 1. The van der Waals surface area contributed by atoms with Gasteiger partial charge in [0.05, 0.1) is 12.2 Å². The Bertz CT molecular complexity index is 515. The first kappa shape index (κ1) is 14.9. The Balaban J connectivity index is 2.48. The monoisotopic (exact) mass is 276 g/mol. The maximum atomic E-state index is 12.0. The van der Waals surface area contributed by atoms with Crippen molar-refractivity contribution in [2.75, 3.05) is 6.61 Å². The van der Waals surface area contributed by atoms with Gasteiger partial charge < -0.3 is 9.47 Å². The summed E-state index contributed by atoms with van der Waals surface area (Å²) >= 11 is 0. The van der Waals surface area contributed by atoms with Crippen molar-refractivity contribution in [2.24, 2.45) is 0 Å². The average molecular weight is 276 g/mol. The lowest BCUT2D eigenvalue weighted by Gasteiger charge is -2.34. The molecule has 3 heteroatoms. The first-order valence-electron chi connectivity index (χ1n) is 7.37. The van der Waals surface area contributed by atoms with Gasteiger partial charge in [-0.1, -0.05) is 13.8 Å². The van der Waals surface area contributed by atoms with E-state index >= 15 is 0 Å². The lowest BCUT2D eigenvalue weighted by Crippen LogP contribution is -2.33. The number of carbonyl (C=O) groups excluding carboxylic acids is 1. The first-order valence-corrected chi connectivity index (χ1v) is 7.37. The van der Waals surface area contributed by atoms with Crippen molar-refractivity contribution in [3.63, 3.8) is 0 Å². The highest BCUT2D eigenvalue weighted by atomic mass is 16.5. The van der Waals surface area contributed by atoms with E-state index in [0.29, 0.717) is 18.1 Å². The number of hydrogen-bond acceptors (Lipinski definition) is 3. The standard InChI is InChI=1S/C17H24O3/c1-6-19-16(18)13-9-12-7-8-17(4,5)20-15(12)14(10-13)11(2)3/h9-11H,6-8H2,1-5H3. The van der Waals surface area contributed by atoms with E-state index < -0.39 is 0 Å². The molecule has 1 aliphatic rings. The van der Waals surface area contributed by atoms with E-state index in [1.54, 1.807) is 0 Å². The third-order valence-electron chi connectivity index (χ3n) is 3.70. The van der Waals surface area contributed by atoms with Crippen molar-refractivity contribution in [3.05, 3.63) is 28.8 Å². The molecule has 0 fully saturated rings. The molecule has 3 nitrogen and oxygen atoms in total. The van der Waals surface area contributed by atoms with E-state index in [2.05, 4.69) is 27.7 Å². The van der Waals surface area contributed by atoms with Crippen molar-refractivity contribution in [1.29, 1.82) is 0 Å². The third kappa shape index (κ3) is 2.97. The molecule has 0 atom stereocenters. The Morgan fingerprint density at radius 2 is 2.10 bits per heavy atom. The van der Waals surface area contributed by atoms with Gasteiger partial charge in [0, 0.05) is 0 Å². The molecule has 0 aliphatic carbocycles. The van der Waals surface area contributed by atoms with E-state index in [-0.39, 0.29) is 11.6 Å². The van der Waals surface area contributed by atoms with Crippen molar-refractivity contribution < 1.29 is 14.3 Å². The van der Waals surface area contributed by atoms with Gasteiger partial charge in [-0.2, -0.15) is 0 Å². The zero-order valence-corrected chi connectivity index (χ0v) is 13.1. The third-order valence-corrected chi connectivity index (χ3v) is 3.70. The van der Waals surface area contributed by atoms with Crippen molar-refractivity contribution >= 4 is 5.97 Å². The number of carbonyl (C=O) groups is 1. The van der Waals surface area contributed by atoms with Gasteiger partial charge in [0.2, 0.25) is 0 Å². The molecular weight excluding hydrogens is 252 g/mol. The van der Waals surface area contributed by atoms with Crippen LogP contribution in [-0.2, 0) is 11.2 Å². The zero-order valence-electron chi connectivity index (χ0n) is 13.1. The van der Waals surface area contributed by atoms with Crippen LogP contribution in [0.2, 0.25) is 0 Å². The van der Waals surface area contributed by atoms with Crippen molar-refractivity contribution in [1.82, 2.24) is 0 Å². The molecular formula is C17H24O3. The number of hydrogen-bond donors (Lipinski definition) is 0. The molecule has 0 saturated heterocycles. The second kappa shape index (κ2) is 5.47. The van der Waals surface area contributed by atoms with Gasteiger partial charge in [-0.25, -0.2) is 4.79 Å². The molecule has 0 N–H and O–H groups in total. The van der Waals surface area contributed by atoms with Crippen LogP contribution in [0.3, 0.4) is 0 Å². The lowest BCUT2D eigenvalue weighted by molar-refractivity contribution is 0.0525. The van der Waals surface area contributed by atoms with E-state index in [1.807, 2.05) is 19.1 Å². The molecule has 20 heavy (non-hydrogen) atoms. The minimum Gasteiger partial charge on any atom is -0.487 e. The fourth-order valence-electron chi connectivity index (χ4n) is 2.55. The van der Waals surface area contributed by atoms with Crippen molar-refractivity contribution in [2.45, 2.75) is 59.0 Å². The predicted octanol–water partition coefficient (Wildman–Crippen LogP) is 4.09. The smallest absolute Gasteiger partial charge is 0.338 e. The van der Waals surface area contributed by atoms with Gasteiger partial charge in [-0.15, -0.1) is 0 Å². The van der Waals surface area contributed by atoms with Crippen LogP contribution in [0.1, 0.15) is 68.4 Å². The Labute approximate surface area is 121 Å². The largest absolute Gasteiger partial charge is 0.487 e. The van der Waals surface area contributed by atoms with Crippen LogP contribution in [0.5, 0.6) is 5.75 Å². The maximum Gasteiger partial charge on any atom is 0.338 e. The summed E-state index contributed by atoms with van der Waals surface area (Å²) in [6, 6.07) is 3.84. The summed E-state index contributed by atoms with van der Waals surface area (Å²) in [5, 5.41) is 0. The predicted molar refractivity (Wildman–Crippen MR) is 79.5 cm³/mol. The van der Waals surface area contributed by atoms with Gasteiger partial charge in [0.25, 0.3) is 0 Å². The quantitative estimate of drug-likeness (QED) is 0.780. The minimum atomic E-state index is -0.248. The molecule has 0 saturated carbocycles. The average Bonchev–Trinajstić information content (AvgIpc) is 2.36. The van der Waals surface area contributed by atoms with Crippen LogP contribution >= 0.6 is 0 Å². The van der Waals surface area contributed by atoms with E-state index in [0.717, 1.165) is 29.7 Å². The summed E-state index contributed by atoms with van der Waals surface area (Å²) < 4.78 is 11.3. The maximum absolute atomic E-state index is 12.0. The Hall–Kier alpha value is -1.51. The number of esters is 1. The number of rotatable bonds is 3. The Morgan fingerprint density at radius 1 is 1.40 bits per heavy atom. The Kier molecular flexibility index (Phi) is 4.07. The van der Waals surface area contributed by atoms with E-state index in [1.165, 1.54) is 0 Å². The van der Waals surface area contributed by atoms with Crippen molar-refractivity contribution in [3.8, 4) is 5.75 Å². The minimum absolute atomic E-state index is 0.137. The molecule has 110 valence electrons. The van der Waals surface area contributed by atoms with Crippen LogP contribution < -0.4 is 4.74 Å². The summed E-state index contributed by atoms with van der Waals surface area (Å²) in [7, 11) is 0. The van der Waals surface area contributed by atoms with E-state index in [9.17, 15) is 4.79 Å². The number of ether oxygens (including phenoxy) is 2. The summed E-state index contributed by atoms with van der Waals surface area (Å²) in [5.41, 5.74) is 2.72. The fraction of sp³-hybridized carbons (Fsp3) is 0.588. The highest BCUT2D eigenvalue weighted by molar-refractivity contribution is 5.90. The summed E-state index contributed by atoms with van der Waals surface area (Å²) in [4.78, 5) is 12.0. The van der Waals surface area contributed by atoms with Crippen LogP contribution in [0, 0.1) is 0 Å². The topological polar surface area (TPSA) is 35.5 Å². The van der Waals surface area contributed by atoms with Gasteiger partial charge >= 0.3 is 5.97 Å².